The quantitative estimate of drug-likeness (QED) is 0.832. The van der Waals surface area contributed by atoms with Crippen LogP contribution in [0.3, 0.4) is 0 Å². The van der Waals surface area contributed by atoms with Gasteiger partial charge >= 0.3 is 0 Å². The lowest BCUT2D eigenvalue weighted by atomic mass is 10.3. The maximum absolute atomic E-state index is 9.59. The van der Waals surface area contributed by atoms with Gasteiger partial charge in [0.2, 0.25) is 0 Å². The molecule has 0 spiro atoms. The first-order chi connectivity index (χ1) is 7.65. The highest BCUT2D eigenvalue weighted by Crippen LogP contribution is 2.33. The summed E-state index contributed by atoms with van der Waals surface area (Å²) in [4.78, 5) is 0. The van der Waals surface area contributed by atoms with Crippen LogP contribution in [0.1, 0.15) is 26.7 Å². The number of hydrogen-bond donors (Lipinski definition) is 1. The molecule has 0 atom stereocenters. The van der Waals surface area contributed by atoms with E-state index in [1.807, 2.05) is 13.8 Å². The summed E-state index contributed by atoms with van der Waals surface area (Å²) in [6.07, 6.45) is 2.59. The first-order valence-electron chi connectivity index (χ1n) is 5.77. The molecule has 88 valence electrons. The molecular weight excluding hydrogens is 204 g/mol. The Balaban J connectivity index is 2.01. The Morgan fingerprint density at radius 2 is 2.12 bits per heavy atom. The van der Waals surface area contributed by atoms with Gasteiger partial charge in [-0.15, -0.1) is 0 Å². The third-order valence-corrected chi connectivity index (χ3v) is 2.48. The molecule has 2 rings (SSSR count). The van der Waals surface area contributed by atoms with E-state index < -0.39 is 0 Å². The summed E-state index contributed by atoms with van der Waals surface area (Å²) in [6, 6.07) is 5.13. The van der Waals surface area contributed by atoms with Gasteiger partial charge in [0.1, 0.15) is 5.75 Å². The van der Waals surface area contributed by atoms with E-state index in [-0.39, 0.29) is 11.9 Å². The molecule has 3 nitrogen and oxygen atoms in total. The maximum Gasteiger partial charge on any atom is 0.164 e. The van der Waals surface area contributed by atoms with Crippen LogP contribution < -0.4 is 9.47 Å². The number of hydrogen-bond acceptors (Lipinski definition) is 3. The molecule has 16 heavy (non-hydrogen) atoms. The van der Waals surface area contributed by atoms with Gasteiger partial charge in [-0.05, 0) is 44.7 Å². The van der Waals surface area contributed by atoms with Gasteiger partial charge in [-0.3, -0.25) is 0 Å². The van der Waals surface area contributed by atoms with Crippen LogP contribution in [-0.2, 0) is 0 Å². The fourth-order valence-electron chi connectivity index (χ4n) is 1.43. The van der Waals surface area contributed by atoms with Crippen LogP contribution in [0.4, 0.5) is 0 Å². The van der Waals surface area contributed by atoms with Crippen molar-refractivity contribution in [2.24, 2.45) is 5.92 Å². The molecule has 0 saturated heterocycles. The van der Waals surface area contributed by atoms with Crippen LogP contribution >= 0.6 is 0 Å². The minimum atomic E-state index is 0.0459. The summed E-state index contributed by atoms with van der Waals surface area (Å²) < 4.78 is 11.1. The van der Waals surface area contributed by atoms with Gasteiger partial charge in [0.15, 0.2) is 11.5 Å². The molecule has 0 aromatic heterocycles. The largest absolute Gasteiger partial charge is 0.504 e. The van der Waals surface area contributed by atoms with E-state index in [0.717, 1.165) is 18.3 Å². The van der Waals surface area contributed by atoms with Crippen molar-refractivity contribution in [1.82, 2.24) is 0 Å². The van der Waals surface area contributed by atoms with Gasteiger partial charge in [0, 0.05) is 6.07 Å². The lowest BCUT2D eigenvalue weighted by molar-refractivity contribution is 0.229. The zero-order valence-corrected chi connectivity index (χ0v) is 9.77. The Morgan fingerprint density at radius 3 is 2.75 bits per heavy atom. The molecule has 1 aromatic carbocycles. The van der Waals surface area contributed by atoms with Crippen molar-refractivity contribution in [2.45, 2.75) is 32.8 Å². The molecule has 0 bridgehead atoms. The highest BCUT2D eigenvalue weighted by molar-refractivity contribution is 5.44. The Hall–Kier alpha value is -1.38. The molecule has 0 radical (unpaired) electrons. The minimum Gasteiger partial charge on any atom is -0.504 e. The van der Waals surface area contributed by atoms with Gasteiger partial charge < -0.3 is 14.6 Å². The molecule has 1 N–H and O–H groups in total. The zero-order valence-electron chi connectivity index (χ0n) is 9.77. The maximum atomic E-state index is 9.59. The van der Waals surface area contributed by atoms with Gasteiger partial charge in [0.05, 0.1) is 12.7 Å². The van der Waals surface area contributed by atoms with E-state index in [2.05, 4.69) is 0 Å². The SMILES string of the molecule is CC(C)Oc1cc(OCC2CC2)ccc1O. The molecule has 0 heterocycles. The van der Waals surface area contributed by atoms with Gasteiger partial charge in [-0.2, -0.15) is 0 Å². The van der Waals surface area contributed by atoms with Gasteiger partial charge in [0.25, 0.3) is 0 Å². The normalized spacial score (nSPS) is 15.2. The fraction of sp³-hybridized carbons (Fsp3) is 0.538. The zero-order chi connectivity index (χ0) is 11.5. The topological polar surface area (TPSA) is 38.7 Å². The predicted octanol–water partition coefficient (Wildman–Crippen LogP) is 2.97. The van der Waals surface area contributed by atoms with Gasteiger partial charge in [-0.25, -0.2) is 0 Å². The molecule has 1 aliphatic rings. The molecule has 0 unspecified atom stereocenters. The Labute approximate surface area is 96.0 Å². The molecule has 1 aromatic rings. The first kappa shape index (κ1) is 11.1. The van der Waals surface area contributed by atoms with Crippen LogP contribution in [0, 0.1) is 5.92 Å². The fourth-order valence-corrected chi connectivity index (χ4v) is 1.43. The second-order valence-electron chi connectivity index (χ2n) is 4.55. The van der Waals surface area contributed by atoms with Crippen LogP contribution in [-0.4, -0.2) is 17.8 Å². The molecule has 0 amide bonds. The number of ether oxygens (including phenoxy) is 2. The second kappa shape index (κ2) is 4.64. The Bertz CT molecular complexity index is 356. The number of benzene rings is 1. The Kier molecular flexibility index (Phi) is 3.22. The predicted molar refractivity (Wildman–Crippen MR) is 62.1 cm³/mol. The lowest BCUT2D eigenvalue weighted by Gasteiger charge is -2.13. The van der Waals surface area contributed by atoms with Crippen molar-refractivity contribution in [3.63, 3.8) is 0 Å². The number of phenolic OH excluding ortho intramolecular Hbond substituents is 1. The lowest BCUT2D eigenvalue weighted by Crippen LogP contribution is -2.06. The van der Waals surface area contributed by atoms with Crippen LogP contribution in [0.25, 0.3) is 0 Å². The van der Waals surface area contributed by atoms with Crippen molar-refractivity contribution in [1.29, 1.82) is 0 Å². The van der Waals surface area contributed by atoms with Crippen molar-refractivity contribution in [3.8, 4) is 17.2 Å². The summed E-state index contributed by atoms with van der Waals surface area (Å²) >= 11 is 0. The summed E-state index contributed by atoms with van der Waals surface area (Å²) in [6.45, 7) is 4.63. The Morgan fingerprint density at radius 1 is 1.38 bits per heavy atom. The first-order valence-corrected chi connectivity index (χ1v) is 5.77. The van der Waals surface area contributed by atoms with E-state index in [9.17, 15) is 5.11 Å². The van der Waals surface area contributed by atoms with Gasteiger partial charge in [-0.1, -0.05) is 0 Å². The highest BCUT2D eigenvalue weighted by atomic mass is 16.5. The minimum absolute atomic E-state index is 0.0459. The molecule has 0 aliphatic heterocycles. The van der Waals surface area contributed by atoms with Crippen LogP contribution in [0.15, 0.2) is 18.2 Å². The van der Waals surface area contributed by atoms with E-state index in [1.54, 1.807) is 18.2 Å². The van der Waals surface area contributed by atoms with Crippen molar-refractivity contribution in [2.75, 3.05) is 6.61 Å². The standard InChI is InChI=1S/C13H18O3/c1-9(2)16-13-7-11(5-6-12(13)14)15-8-10-3-4-10/h5-7,9-10,14H,3-4,8H2,1-2H3. The van der Waals surface area contributed by atoms with Crippen molar-refractivity contribution in [3.05, 3.63) is 18.2 Å². The van der Waals surface area contributed by atoms with E-state index in [1.165, 1.54) is 12.8 Å². The summed E-state index contributed by atoms with van der Waals surface area (Å²) in [7, 11) is 0. The third kappa shape index (κ3) is 3.05. The molecular formula is C13H18O3. The summed E-state index contributed by atoms with van der Waals surface area (Å²) in [5.41, 5.74) is 0. The van der Waals surface area contributed by atoms with Crippen molar-refractivity contribution >= 4 is 0 Å². The highest BCUT2D eigenvalue weighted by Gasteiger charge is 2.22. The molecule has 1 aliphatic carbocycles. The average Bonchev–Trinajstić information content (AvgIpc) is 3.02. The summed E-state index contributed by atoms with van der Waals surface area (Å²) in [5, 5.41) is 9.59. The number of rotatable bonds is 5. The van der Waals surface area contributed by atoms with Crippen LogP contribution in [0.2, 0.25) is 0 Å². The summed E-state index contributed by atoms with van der Waals surface area (Å²) in [5.74, 6) is 2.14. The molecule has 1 fully saturated rings. The van der Waals surface area contributed by atoms with E-state index in [0.29, 0.717) is 5.75 Å². The van der Waals surface area contributed by atoms with Crippen molar-refractivity contribution < 1.29 is 14.6 Å². The average molecular weight is 222 g/mol. The number of aromatic hydroxyl groups is 1. The van der Waals surface area contributed by atoms with Crippen LogP contribution in [0.5, 0.6) is 17.2 Å². The molecule has 3 heteroatoms. The third-order valence-electron chi connectivity index (χ3n) is 2.48. The number of phenols is 1. The smallest absolute Gasteiger partial charge is 0.164 e. The second-order valence-corrected chi connectivity index (χ2v) is 4.55. The van der Waals surface area contributed by atoms with E-state index in [4.69, 9.17) is 9.47 Å². The molecule has 1 saturated carbocycles. The monoisotopic (exact) mass is 222 g/mol. The van der Waals surface area contributed by atoms with E-state index >= 15 is 0 Å².